The fourth-order valence-corrected chi connectivity index (χ4v) is 4.02. The van der Waals surface area contributed by atoms with E-state index in [1.807, 2.05) is 0 Å². The Morgan fingerprint density at radius 2 is 1.91 bits per heavy atom. The molecule has 4 rings (SSSR count). The maximum Gasteiger partial charge on any atom is 0.270 e. The van der Waals surface area contributed by atoms with Gasteiger partial charge in [0.2, 0.25) is 0 Å². The SMILES string of the molecule is O=C(CSc1nc2ccccc2c(=O)n1-c1ccc(Cl)cc1)NN=Cc1cccc([N+](=O)[O-])c1. The predicted molar refractivity (Wildman–Crippen MR) is 132 cm³/mol. The third-order valence-electron chi connectivity index (χ3n) is 4.65. The van der Waals surface area contributed by atoms with E-state index >= 15 is 0 Å². The molecule has 0 spiro atoms. The summed E-state index contributed by atoms with van der Waals surface area (Å²) in [6.45, 7) is 0. The molecule has 0 fully saturated rings. The summed E-state index contributed by atoms with van der Waals surface area (Å²) >= 11 is 7.06. The number of nitrogens with one attached hydrogen (secondary N) is 1. The third-order valence-corrected chi connectivity index (χ3v) is 5.84. The standard InChI is InChI=1S/C23H16ClN5O4S/c24-16-8-10-17(11-9-16)28-22(31)19-6-1-2-7-20(19)26-23(28)34-14-21(30)27-25-13-15-4-3-5-18(12-15)29(32)33/h1-13H,14H2,(H,27,30). The van der Waals surface area contributed by atoms with Gasteiger partial charge in [-0.2, -0.15) is 5.10 Å². The van der Waals surface area contributed by atoms with Crippen molar-refractivity contribution in [2.75, 3.05) is 5.75 Å². The molecule has 0 unspecified atom stereocenters. The average molecular weight is 494 g/mol. The largest absolute Gasteiger partial charge is 0.272 e. The van der Waals surface area contributed by atoms with Gasteiger partial charge in [0, 0.05) is 22.7 Å². The van der Waals surface area contributed by atoms with Crippen LogP contribution < -0.4 is 11.0 Å². The van der Waals surface area contributed by atoms with Gasteiger partial charge < -0.3 is 0 Å². The summed E-state index contributed by atoms with van der Waals surface area (Å²) in [7, 11) is 0. The number of hydrogen-bond acceptors (Lipinski definition) is 7. The number of para-hydroxylation sites is 1. The zero-order chi connectivity index (χ0) is 24.1. The summed E-state index contributed by atoms with van der Waals surface area (Å²) in [4.78, 5) is 40.4. The molecule has 1 N–H and O–H groups in total. The van der Waals surface area contributed by atoms with E-state index in [-0.39, 0.29) is 17.0 Å². The Hall–Kier alpha value is -4.02. The van der Waals surface area contributed by atoms with E-state index in [2.05, 4.69) is 15.5 Å². The quantitative estimate of drug-likeness (QED) is 0.135. The molecule has 170 valence electrons. The second kappa shape index (κ2) is 10.3. The van der Waals surface area contributed by atoms with E-state index in [1.165, 1.54) is 29.0 Å². The van der Waals surface area contributed by atoms with Crippen LogP contribution in [-0.2, 0) is 4.79 Å². The fourth-order valence-electron chi connectivity index (χ4n) is 3.09. The Labute approximate surface area is 202 Å². The zero-order valence-corrected chi connectivity index (χ0v) is 19.0. The van der Waals surface area contributed by atoms with Gasteiger partial charge in [-0.1, -0.05) is 47.6 Å². The molecule has 3 aromatic carbocycles. The van der Waals surface area contributed by atoms with Crippen molar-refractivity contribution in [1.82, 2.24) is 15.0 Å². The van der Waals surface area contributed by atoms with Crippen LogP contribution >= 0.6 is 23.4 Å². The van der Waals surface area contributed by atoms with Crippen molar-refractivity contribution >= 4 is 52.1 Å². The summed E-state index contributed by atoms with van der Waals surface area (Å²) in [6, 6.07) is 19.6. The van der Waals surface area contributed by atoms with Crippen LogP contribution in [0, 0.1) is 10.1 Å². The maximum atomic E-state index is 13.2. The number of nitro benzene ring substituents is 1. The lowest BCUT2D eigenvalue weighted by molar-refractivity contribution is -0.384. The smallest absolute Gasteiger partial charge is 0.270 e. The first-order valence-corrected chi connectivity index (χ1v) is 11.3. The number of nitro groups is 1. The van der Waals surface area contributed by atoms with Gasteiger partial charge in [0.15, 0.2) is 5.16 Å². The molecule has 9 nitrogen and oxygen atoms in total. The molecule has 0 atom stereocenters. The molecule has 1 heterocycles. The topological polar surface area (TPSA) is 119 Å². The van der Waals surface area contributed by atoms with E-state index in [4.69, 9.17) is 11.6 Å². The number of amides is 1. The van der Waals surface area contributed by atoms with E-state index in [0.29, 0.717) is 32.3 Å². The van der Waals surface area contributed by atoms with Crippen LogP contribution in [0.15, 0.2) is 87.8 Å². The molecule has 0 saturated heterocycles. The number of rotatable bonds is 7. The van der Waals surface area contributed by atoms with Crippen molar-refractivity contribution in [3.63, 3.8) is 0 Å². The molecular formula is C23H16ClN5O4S. The number of aromatic nitrogens is 2. The monoisotopic (exact) mass is 493 g/mol. The lowest BCUT2D eigenvalue weighted by Crippen LogP contribution is -2.24. The Kier molecular flexibility index (Phi) is 7.00. The van der Waals surface area contributed by atoms with E-state index in [0.717, 1.165) is 11.8 Å². The molecule has 0 aliphatic heterocycles. The van der Waals surface area contributed by atoms with Crippen LogP contribution in [0.1, 0.15) is 5.56 Å². The van der Waals surface area contributed by atoms with Crippen molar-refractivity contribution in [2.24, 2.45) is 5.10 Å². The first-order valence-electron chi connectivity index (χ1n) is 9.89. The van der Waals surface area contributed by atoms with Gasteiger partial charge in [-0.05, 0) is 36.4 Å². The van der Waals surface area contributed by atoms with Gasteiger partial charge in [-0.3, -0.25) is 24.3 Å². The second-order valence-electron chi connectivity index (χ2n) is 6.96. The zero-order valence-electron chi connectivity index (χ0n) is 17.4. The Morgan fingerprint density at radius 3 is 2.68 bits per heavy atom. The van der Waals surface area contributed by atoms with Crippen molar-refractivity contribution in [3.05, 3.63) is 104 Å². The highest BCUT2D eigenvalue weighted by Gasteiger charge is 2.15. The molecule has 1 aromatic heterocycles. The molecule has 1 amide bonds. The first kappa shape index (κ1) is 23.1. The van der Waals surface area contributed by atoms with Crippen molar-refractivity contribution in [3.8, 4) is 5.69 Å². The summed E-state index contributed by atoms with van der Waals surface area (Å²) in [5.74, 6) is -0.498. The number of carbonyl (C=O) groups excluding carboxylic acids is 1. The highest BCUT2D eigenvalue weighted by Crippen LogP contribution is 2.22. The minimum absolute atomic E-state index is 0.0648. The van der Waals surface area contributed by atoms with Gasteiger partial charge in [0.25, 0.3) is 17.2 Å². The van der Waals surface area contributed by atoms with Crippen LogP contribution in [0.4, 0.5) is 5.69 Å². The molecule has 0 aliphatic rings. The Bertz CT molecular complexity index is 1470. The predicted octanol–water partition coefficient (Wildman–Crippen LogP) is 4.19. The molecule has 0 radical (unpaired) electrons. The van der Waals surface area contributed by atoms with Gasteiger partial charge in [-0.25, -0.2) is 10.4 Å². The normalized spacial score (nSPS) is 11.1. The number of benzene rings is 3. The van der Waals surface area contributed by atoms with Crippen molar-refractivity contribution in [2.45, 2.75) is 5.16 Å². The number of carbonyl (C=O) groups is 1. The Balaban J connectivity index is 1.53. The Morgan fingerprint density at radius 1 is 1.15 bits per heavy atom. The average Bonchev–Trinajstić information content (AvgIpc) is 2.84. The van der Waals surface area contributed by atoms with Crippen LogP contribution in [0.5, 0.6) is 0 Å². The molecule has 34 heavy (non-hydrogen) atoms. The van der Waals surface area contributed by atoms with Gasteiger partial charge in [0.1, 0.15) is 0 Å². The number of nitrogens with zero attached hydrogens (tertiary/aromatic N) is 4. The third kappa shape index (κ3) is 5.30. The molecule has 4 aromatic rings. The highest BCUT2D eigenvalue weighted by molar-refractivity contribution is 7.99. The van der Waals surface area contributed by atoms with Crippen LogP contribution in [0.2, 0.25) is 5.02 Å². The van der Waals surface area contributed by atoms with Crippen molar-refractivity contribution < 1.29 is 9.72 Å². The van der Waals surface area contributed by atoms with Crippen LogP contribution in [0.3, 0.4) is 0 Å². The lowest BCUT2D eigenvalue weighted by Gasteiger charge is -2.13. The minimum atomic E-state index is -0.511. The number of fused-ring (bicyclic) bond motifs is 1. The summed E-state index contributed by atoms with van der Waals surface area (Å²) in [5, 5.41) is 16.0. The number of non-ortho nitro benzene ring substituents is 1. The second-order valence-corrected chi connectivity index (χ2v) is 8.34. The minimum Gasteiger partial charge on any atom is -0.272 e. The highest BCUT2D eigenvalue weighted by atomic mass is 35.5. The molecule has 0 bridgehead atoms. The molecule has 0 aliphatic carbocycles. The van der Waals surface area contributed by atoms with Gasteiger partial charge >= 0.3 is 0 Å². The molecular weight excluding hydrogens is 478 g/mol. The summed E-state index contributed by atoms with van der Waals surface area (Å²) in [5.41, 5.74) is 3.59. The van der Waals surface area contributed by atoms with Crippen LogP contribution in [-0.4, -0.2) is 32.3 Å². The lowest BCUT2D eigenvalue weighted by atomic mass is 10.2. The number of halogens is 1. The van der Waals surface area contributed by atoms with Gasteiger partial charge in [-0.15, -0.1) is 0 Å². The van der Waals surface area contributed by atoms with Crippen molar-refractivity contribution in [1.29, 1.82) is 0 Å². The molecule has 0 saturated carbocycles. The van der Waals surface area contributed by atoms with E-state index < -0.39 is 10.8 Å². The summed E-state index contributed by atoms with van der Waals surface area (Å²) in [6.07, 6.45) is 1.31. The van der Waals surface area contributed by atoms with Crippen LogP contribution in [0.25, 0.3) is 16.6 Å². The summed E-state index contributed by atoms with van der Waals surface area (Å²) < 4.78 is 1.43. The molecule has 11 heteroatoms. The maximum absolute atomic E-state index is 13.2. The number of hydrogen-bond donors (Lipinski definition) is 1. The fraction of sp³-hybridized carbons (Fsp3) is 0.0435. The van der Waals surface area contributed by atoms with E-state index in [1.54, 1.807) is 54.6 Å². The van der Waals surface area contributed by atoms with Gasteiger partial charge in [0.05, 0.1) is 33.5 Å². The number of hydrazone groups is 1. The number of thioether (sulfide) groups is 1. The van der Waals surface area contributed by atoms with E-state index in [9.17, 15) is 19.7 Å². The first-order chi connectivity index (χ1) is 16.4.